The lowest BCUT2D eigenvalue weighted by atomic mass is 9.78. The monoisotopic (exact) mass is 383 g/mol. The van der Waals surface area contributed by atoms with E-state index in [2.05, 4.69) is 19.0 Å². The van der Waals surface area contributed by atoms with Gasteiger partial charge in [0.05, 0.1) is 16.6 Å². The Morgan fingerprint density at radius 2 is 2.07 bits per heavy atom. The van der Waals surface area contributed by atoms with Gasteiger partial charge in [0.25, 0.3) is 5.56 Å². The van der Waals surface area contributed by atoms with Crippen LogP contribution in [-0.2, 0) is 5.75 Å². The molecule has 6 heteroatoms. The van der Waals surface area contributed by atoms with Crippen molar-refractivity contribution in [3.05, 3.63) is 52.1 Å². The number of para-hydroxylation sites is 1. The second-order valence-electron chi connectivity index (χ2n) is 7.64. The van der Waals surface area contributed by atoms with Gasteiger partial charge in [0, 0.05) is 17.9 Å². The van der Waals surface area contributed by atoms with Crippen molar-refractivity contribution in [1.29, 1.82) is 0 Å². The Bertz CT molecular complexity index is 1010. The van der Waals surface area contributed by atoms with Crippen molar-refractivity contribution < 1.29 is 4.52 Å². The Morgan fingerprint density at radius 3 is 2.85 bits per heavy atom. The van der Waals surface area contributed by atoms with Gasteiger partial charge >= 0.3 is 0 Å². The normalized spacial score (nSPS) is 23.0. The first-order chi connectivity index (χ1) is 13.0. The fraction of sp³-hybridized carbons (Fsp3) is 0.476. The molecule has 0 radical (unpaired) electrons. The maximum Gasteiger partial charge on any atom is 0.262 e. The molecule has 1 aliphatic carbocycles. The smallest absolute Gasteiger partial charge is 0.262 e. The Labute approximate surface area is 163 Å². The van der Waals surface area contributed by atoms with Crippen LogP contribution >= 0.6 is 11.8 Å². The first-order valence-corrected chi connectivity index (χ1v) is 10.6. The van der Waals surface area contributed by atoms with Crippen LogP contribution in [0.5, 0.6) is 0 Å². The molecule has 3 aromatic rings. The van der Waals surface area contributed by atoms with Gasteiger partial charge in [0.1, 0.15) is 5.76 Å². The highest BCUT2D eigenvalue weighted by molar-refractivity contribution is 7.98. The van der Waals surface area contributed by atoms with E-state index >= 15 is 0 Å². The average molecular weight is 384 g/mol. The largest absolute Gasteiger partial charge is 0.361 e. The lowest BCUT2D eigenvalue weighted by Gasteiger charge is -2.36. The van der Waals surface area contributed by atoms with Gasteiger partial charge in [-0.1, -0.05) is 55.7 Å². The SMILES string of the molecule is Cc1cc(CSc2nc3ccccc3c(=O)n2[C@@H]2CCC[C@H](C)[C@@H]2C)no1. The molecular formula is C21H25N3O2S. The zero-order chi connectivity index (χ0) is 19.0. The fourth-order valence-corrected chi connectivity index (χ4v) is 5.00. The molecule has 142 valence electrons. The van der Waals surface area contributed by atoms with Crippen molar-refractivity contribution in [3.63, 3.8) is 0 Å². The number of benzene rings is 1. The highest BCUT2D eigenvalue weighted by Gasteiger charge is 2.31. The van der Waals surface area contributed by atoms with Crippen molar-refractivity contribution in [2.24, 2.45) is 11.8 Å². The molecule has 4 rings (SSSR count). The summed E-state index contributed by atoms with van der Waals surface area (Å²) in [7, 11) is 0. The van der Waals surface area contributed by atoms with Crippen molar-refractivity contribution in [2.45, 2.75) is 57.0 Å². The van der Waals surface area contributed by atoms with Gasteiger partial charge < -0.3 is 4.52 Å². The topological polar surface area (TPSA) is 60.9 Å². The van der Waals surface area contributed by atoms with Gasteiger partial charge in [-0.05, 0) is 37.3 Å². The number of aryl methyl sites for hydroxylation is 1. The molecule has 0 unspecified atom stereocenters. The molecule has 2 aromatic heterocycles. The summed E-state index contributed by atoms with van der Waals surface area (Å²) in [4.78, 5) is 18.3. The van der Waals surface area contributed by atoms with Crippen LogP contribution in [0.25, 0.3) is 10.9 Å². The minimum Gasteiger partial charge on any atom is -0.361 e. The molecule has 27 heavy (non-hydrogen) atoms. The van der Waals surface area contributed by atoms with Gasteiger partial charge in [-0.2, -0.15) is 0 Å². The maximum atomic E-state index is 13.4. The van der Waals surface area contributed by atoms with Crippen LogP contribution in [0.2, 0.25) is 0 Å². The van der Waals surface area contributed by atoms with Gasteiger partial charge in [-0.3, -0.25) is 9.36 Å². The number of hydrogen-bond donors (Lipinski definition) is 0. The van der Waals surface area contributed by atoms with Crippen LogP contribution in [-0.4, -0.2) is 14.7 Å². The zero-order valence-electron chi connectivity index (χ0n) is 16.0. The summed E-state index contributed by atoms with van der Waals surface area (Å²) in [5, 5.41) is 5.56. The molecule has 2 heterocycles. The Kier molecular flexibility index (Phi) is 5.08. The average Bonchev–Trinajstić information content (AvgIpc) is 3.08. The van der Waals surface area contributed by atoms with Crippen LogP contribution in [0.3, 0.4) is 0 Å². The number of thioether (sulfide) groups is 1. The molecule has 5 nitrogen and oxygen atoms in total. The molecule has 1 fully saturated rings. The van der Waals surface area contributed by atoms with Crippen molar-refractivity contribution in [3.8, 4) is 0 Å². The predicted octanol–water partition coefficient (Wildman–Crippen LogP) is 4.98. The van der Waals surface area contributed by atoms with E-state index in [4.69, 9.17) is 9.51 Å². The van der Waals surface area contributed by atoms with Crippen molar-refractivity contribution in [1.82, 2.24) is 14.7 Å². The second kappa shape index (κ2) is 7.50. The summed E-state index contributed by atoms with van der Waals surface area (Å²) in [6.45, 7) is 6.45. The minimum atomic E-state index is 0.0744. The lowest BCUT2D eigenvalue weighted by Crippen LogP contribution is -2.35. The first-order valence-electron chi connectivity index (χ1n) is 9.61. The Balaban J connectivity index is 1.78. The summed E-state index contributed by atoms with van der Waals surface area (Å²) >= 11 is 1.57. The summed E-state index contributed by atoms with van der Waals surface area (Å²) in [5.74, 6) is 2.49. The third kappa shape index (κ3) is 3.55. The summed E-state index contributed by atoms with van der Waals surface area (Å²) in [5.41, 5.74) is 1.70. The van der Waals surface area contributed by atoms with Crippen LogP contribution < -0.4 is 5.56 Å². The molecule has 0 amide bonds. The van der Waals surface area contributed by atoms with E-state index in [1.165, 1.54) is 6.42 Å². The van der Waals surface area contributed by atoms with E-state index in [0.717, 1.165) is 35.0 Å². The second-order valence-corrected chi connectivity index (χ2v) is 8.58. The number of hydrogen-bond acceptors (Lipinski definition) is 5. The predicted molar refractivity (Wildman–Crippen MR) is 108 cm³/mol. The quantitative estimate of drug-likeness (QED) is 0.469. The van der Waals surface area contributed by atoms with Crippen molar-refractivity contribution >= 4 is 22.7 Å². The maximum absolute atomic E-state index is 13.4. The zero-order valence-corrected chi connectivity index (χ0v) is 16.8. The van der Waals surface area contributed by atoms with E-state index < -0.39 is 0 Å². The first kappa shape index (κ1) is 18.3. The van der Waals surface area contributed by atoms with Gasteiger partial charge in [-0.15, -0.1) is 0 Å². The highest BCUT2D eigenvalue weighted by atomic mass is 32.2. The third-order valence-electron chi connectivity index (χ3n) is 5.80. The molecule has 1 aliphatic rings. The summed E-state index contributed by atoms with van der Waals surface area (Å²) in [6, 6.07) is 9.76. The molecule has 0 saturated heterocycles. The third-order valence-corrected chi connectivity index (χ3v) is 6.78. The molecule has 1 saturated carbocycles. The highest BCUT2D eigenvalue weighted by Crippen LogP contribution is 2.39. The number of fused-ring (bicyclic) bond motifs is 1. The molecule has 0 bridgehead atoms. The Hall–Kier alpha value is -2.08. The number of rotatable bonds is 4. The van der Waals surface area contributed by atoms with E-state index in [-0.39, 0.29) is 11.6 Å². The van der Waals surface area contributed by atoms with Gasteiger partial charge in [-0.25, -0.2) is 4.98 Å². The minimum absolute atomic E-state index is 0.0744. The summed E-state index contributed by atoms with van der Waals surface area (Å²) < 4.78 is 7.13. The van der Waals surface area contributed by atoms with Crippen LogP contribution in [0.15, 0.2) is 44.8 Å². The number of nitrogens with zero attached hydrogens (tertiary/aromatic N) is 3. The van der Waals surface area contributed by atoms with E-state index in [9.17, 15) is 4.79 Å². The lowest BCUT2D eigenvalue weighted by molar-refractivity contribution is 0.173. The van der Waals surface area contributed by atoms with Crippen LogP contribution in [0, 0.1) is 18.8 Å². The molecule has 0 spiro atoms. The molecular weight excluding hydrogens is 358 g/mol. The van der Waals surface area contributed by atoms with E-state index in [1.807, 2.05) is 41.8 Å². The van der Waals surface area contributed by atoms with Crippen LogP contribution in [0.4, 0.5) is 0 Å². The van der Waals surface area contributed by atoms with Crippen molar-refractivity contribution in [2.75, 3.05) is 0 Å². The standard InChI is InChI=1S/C21H25N3O2S/c1-13-7-6-10-19(15(13)3)24-20(25)17-8-4-5-9-18(17)22-21(24)27-12-16-11-14(2)26-23-16/h4-5,8-9,11,13,15,19H,6-7,10,12H2,1-3H3/t13-,15-,19+/m0/s1. The summed E-state index contributed by atoms with van der Waals surface area (Å²) in [6.07, 6.45) is 3.41. The van der Waals surface area contributed by atoms with Gasteiger partial charge in [0.2, 0.25) is 0 Å². The molecule has 1 aromatic carbocycles. The Morgan fingerprint density at radius 1 is 1.26 bits per heavy atom. The molecule has 0 aliphatic heterocycles. The van der Waals surface area contributed by atoms with E-state index in [1.54, 1.807) is 11.8 Å². The van der Waals surface area contributed by atoms with Crippen LogP contribution in [0.1, 0.15) is 50.6 Å². The molecule has 0 N–H and O–H groups in total. The fourth-order valence-electron chi connectivity index (χ4n) is 4.06. The number of aromatic nitrogens is 3. The van der Waals surface area contributed by atoms with Gasteiger partial charge in [0.15, 0.2) is 5.16 Å². The molecule has 3 atom stereocenters. The van der Waals surface area contributed by atoms with E-state index in [0.29, 0.717) is 23.0 Å².